The Labute approximate surface area is 69.3 Å². The van der Waals surface area contributed by atoms with Crippen molar-refractivity contribution in [2.24, 2.45) is 5.92 Å². The van der Waals surface area contributed by atoms with Gasteiger partial charge in [0.05, 0.1) is 6.67 Å². The third-order valence-corrected chi connectivity index (χ3v) is 2.04. The highest BCUT2D eigenvalue weighted by atomic mass is 15.3. The van der Waals surface area contributed by atoms with Crippen molar-refractivity contribution in [2.45, 2.75) is 33.2 Å². The molecule has 0 aromatic rings. The molecule has 1 N–H and O–H groups in total. The number of hydrogen-bond acceptors (Lipinski definition) is 2. The van der Waals surface area contributed by atoms with Gasteiger partial charge in [0.25, 0.3) is 0 Å². The minimum absolute atomic E-state index is 0.668. The highest BCUT2D eigenvalue weighted by Crippen LogP contribution is 2.12. The van der Waals surface area contributed by atoms with Crippen molar-refractivity contribution in [2.75, 3.05) is 6.67 Å². The molecule has 0 bridgehead atoms. The molecule has 0 saturated carbocycles. The summed E-state index contributed by atoms with van der Waals surface area (Å²) in [4.78, 5) is 2.33. The highest BCUT2D eigenvalue weighted by Gasteiger charge is 2.12. The van der Waals surface area contributed by atoms with Crippen molar-refractivity contribution in [3.05, 3.63) is 12.4 Å². The van der Waals surface area contributed by atoms with Crippen LogP contribution in [0.4, 0.5) is 0 Å². The maximum atomic E-state index is 3.17. The van der Waals surface area contributed by atoms with Crippen LogP contribution in [0.15, 0.2) is 12.4 Å². The first kappa shape index (κ1) is 8.44. The van der Waals surface area contributed by atoms with Crippen LogP contribution in [0.2, 0.25) is 0 Å². The molecule has 1 heterocycles. The third-order valence-electron chi connectivity index (χ3n) is 2.04. The average Bonchev–Trinajstić information content (AvgIpc) is 2.35. The van der Waals surface area contributed by atoms with Crippen molar-refractivity contribution in [3.63, 3.8) is 0 Å². The fourth-order valence-electron chi connectivity index (χ4n) is 1.48. The zero-order chi connectivity index (χ0) is 8.27. The predicted octanol–water partition coefficient (Wildman–Crippen LogP) is 1.75. The summed E-state index contributed by atoms with van der Waals surface area (Å²) in [6.45, 7) is 7.79. The van der Waals surface area contributed by atoms with Crippen molar-refractivity contribution in [1.82, 2.24) is 10.2 Å². The molecular formula is C9H18N2. The van der Waals surface area contributed by atoms with E-state index in [-0.39, 0.29) is 0 Å². The molecule has 11 heavy (non-hydrogen) atoms. The molecule has 2 nitrogen and oxygen atoms in total. The lowest BCUT2D eigenvalue weighted by Crippen LogP contribution is -2.30. The molecule has 0 aliphatic carbocycles. The van der Waals surface area contributed by atoms with Crippen molar-refractivity contribution < 1.29 is 0 Å². The van der Waals surface area contributed by atoms with Gasteiger partial charge in [0, 0.05) is 18.4 Å². The van der Waals surface area contributed by atoms with E-state index in [9.17, 15) is 0 Å². The van der Waals surface area contributed by atoms with Gasteiger partial charge in [-0.25, -0.2) is 0 Å². The quantitative estimate of drug-likeness (QED) is 0.666. The summed E-state index contributed by atoms with van der Waals surface area (Å²) in [5.74, 6) is 0.791. The van der Waals surface area contributed by atoms with Gasteiger partial charge >= 0.3 is 0 Å². The van der Waals surface area contributed by atoms with E-state index >= 15 is 0 Å². The van der Waals surface area contributed by atoms with Crippen molar-refractivity contribution >= 4 is 0 Å². The maximum absolute atomic E-state index is 3.17. The van der Waals surface area contributed by atoms with E-state index in [4.69, 9.17) is 0 Å². The molecule has 2 heteroatoms. The van der Waals surface area contributed by atoms with Crippen LogP contribution in [0.3, 0.4) is 0 Å². The van der Waals surface area contributed by atoms with E-state index in [0.29, 0.717) is 6.04 Å². The Morgan fingerprint density at radius 1 is 1.45 bits per heavy atom. The molecule has 0 aromatic carbocycles. The largest absolute Gasteiger partial charge is 0.373 e. The second-order valence-corrected chi connectivity index (χ2v) is 3.67. The van der Waals surface area contributed by atoms with Crippen LogP contribution in [-0.4, -0.2) is 17.6 Å². The Hall–Kier alpha value is -0.660. The predicted molar refractivity (Wildman–Crippen MR) is 47.9 cm³/mol. The molecule has 1 aliphatic heterocycles. The Bertz CT molecular complexity index is 140. The van der Waals surface area contributed by atoms with Gasteiger partial charge in [0.2, 0.25) is 0 Å². The summed E-state index contributed by atoms with van der Waals surface area (Å²) in [6, 6.07) is 0.668. The first-order valence-corrected chi connectivity index (χ1v) is 4.36. The maximum Gasteiger partial charge on any atom is 0.0870 e. The minimum Gasteiger partial charge on any atom is -0.373 e. The fourth-order valence-corrected chi connectivity index (χ4v) is 1.48. The van der Waals surface area contributed by atoms with Crippen LogP contribution in [0.25, 0.3) is 0 Å². The molecule has 0 fully saturated rings. The molecule has 1 aliphatic rings. The van der Waals surface area contributed by atoms with Crippen LogP contribution in [0.5, 0.6) is 0 Å². The van der Waals surface area contributed by atoms with Crippen LogP contribution >= 0.6 is 0 Å². The molecule has 64 valence electrons. The summed E-state index contributed by atoms with van der Waals surface area (Å²) in [7, 11) is 0. The molecule has 1 atom stereocenters. The van der Waals surface area contributed by atoms with Gasteiger partial charge < -0.3 is 10.2 Å². The molecule has 1 rings (SSSR count). The van der Waals surface area contributed by atoms with E-state index in [2.05, 4.69) is 37.2 Å². The first-order chi connectivity index (χ1) is 5.20. The van der Waals surface area contributed by atoms with E-state index in [1.54, 1.807) is 0 Å². The van der Waals surface area contributed by atoms with Crippen molar-refractivity contribution in [1.29, 1.82) is 0 Å². The number of hydrogen-bond donors (Lipinski definition) is 1. The van der Waals surface area contributed by atoms with Gasteiger partial charge in [-0.2, -0.15) is 0 Å². The van der Waals surface area contributed by atoms with E-state index in [0.717, 1.165) is 12.6 Å². The lowest BCUT2D eigenvalue weighted by Gasteiger charge is -2.24. The van der Waals surface area contributed by atoms with Crippen LogP contribution in [0, 0.1) is 5.92 Å². The van der Waals surface area contributed by atoms with Gasteiger partial charge in [-0.3, -0.25) is 0 Å². The molecule has 0 aromatic heterocycles. The lowest BCUT2D eigenvalue weighted by atomic mass is 10.0. The van der Waals surface area contributed by atoms with Crippen LogP contribution < -0.4 is 5.32 Å². The normalized spacial score (nSPS) is 19.1. The summed E-state index contributed by atoms with van der Waals surface area (Å²) >= 11 is 0. The Kier molecular flexibility index (Phi) is 2.80. The van der Waals surface area contributed by atoms with E-state index in [1.165, 1.54) is 6.42 Å². The highest BCUT2D eigenvalue weighted by molar-refractivity contribution is 4.90. The van der Waals surface area contributed by atoms with E-state index < -0.39 is 0 Å². The molecule has 0 amide bonds. The molecule has 1 unspecified atom stereocenters. The zero-order valence-corrected chi connectivity index (χ0v) is 7.67. The van der Waals surface area contributed by atoms with Gasteiger partial charge in [-0.05, 0) is 19.3 Å². The molecule has 0 radical (unpaired) electrons. The summed E-state index contributed by atoms with van der Waals surface area (Å²) in [5, 5.41) is 3.17. The van der Waals surface area contributed by atoms with Gasteiger partial charge in [-0.15, -0.1) is 0 Å². The second-order valence-electron chi connectivity index (χ2n) is 3.67. The third kappa shape index (κ3) is 2.45. The topological polar surface area (TPSA) is 15.3 Å². The van der Waals surface area contributed by atoms with Gasteiger partial charge in [-0.1, -0.05) is 13.8 Å². The first-order valence-electron chi connectivity index (χ1n) is 4.36. The van der Waals surface area contributed by atoms with Gasteiger partial charge in [0.15, 0.2) is 0 Å². The van der Waals surface area contributed by atoms with Gasteiger partial charge in [0.1, 0.15) is 0 Å². The Balaban J connectivity index is 2.28. The van der Waals surface area contributed by atoms with E-state index in [1.807, 2.05) is 6.20 Å². The molecule has 0 saturated heterocycles. The minimum atomic E-state index is 0.668. The summed E-state index contributed by atoms with van der Waals surface area (Å²) < 4.78 is 0. The Morgan fingerprint density at radius 3 is 2.64 bits per heavy atom. The second kappa shape index (κ2) is 3.65. The average molecular weight is 154 g/mol. The fraction of sp³-hybridized carbons (Fsp3) is 0.778. The van der Waals surface area contributed by atoms with Crippen molar-refractivity contribution in [3.8, 4) is 0 Å². The SMILES string of the molecule is CC(C)CC(C)N1C=CNC1. The monoisotopic (exact) mass is 154 g/mol. The Morgan fingerprint density at radius 2 is 2.18 bits per heavy atom. The number of rotatable bonds is 3. The zero-order valence-electron chi connectivity index (χ0n) is 7.67. The standard InChI is InChI=1S/C9H18N2/c1-8(2)6-9(3)11-5-4-10-7-11/h4-5,8-10H,6-7H2,1-3H3. The molecular weight excluding hydrogens is 136 g/mol. The smallest absolute Gasteiger partial charge is 0.0870 e. The summed E-state index contributed by atoms with van der Waals surface area (Å²) in [5.41, 5.74) is 0. The molecule has 0 spiro atoms. The van der Waals surface area contributed by atoms with Crippen LogP contribution in [0.1, 0.15) is 27.2 Å². The summed E-state index contributed by atoms with van der Waals surface area (Å²) in [6.07, 6.45) is 5.41. The van der Waals surface area contributed by atoms with Crippen LogP contribution in [-0.2, 0) is 0 Å². The lowest BCUT2D eigenvalue weighted by molar-refractivity contribution is 0.268. The number of nitrogens with zero attached hydrogens (tertiary/aromatic N) is 1. The number of nitrogens with one attached hydrogen (secondary N) is 1.